The molecule has 246 valence electrons. The Hall–Kier alpha value is -2.91. The van der Waals surface area contributed by atoms with Crippen LogP contribution in [0.15, 0.2) is 30.2 Å². The van der Waals surface area contributed by atoms with Crippen molar-refractivity contribution in [2.24, 2.45) is 23.3 Å². The van der Waals surface area contributed by atoms with Crippen molar-refractivity contribution in [3.63, 3.8) is 0 Å². The molecular weight excluding hydrogens is 562 g/mol. The Morgan fingerprint density at radius 1 is 1.02 bits per heavy atom. The van der Waals surface area contributed by atoms with Gasteiger partial charge in [-0.2, -0.15) is 0 Å². The Morgan fingerprint density at radius 3 is 2.49 bits per heavy atom. The van der Waals surface area contributed by atoms with Crippen LogP contribution in [0.1, 0.15) is 88.3 Å². The summed E-state index contributed by atoms with van der Waals surface area (Å²) in [6.07, 6.45) is 15.8. The molecule has 7 rings (SSSR count). The topological polar surface area (TPSA) is 112 Å². The number of piperidine rings is 1. The monoisotopic (exact) mass is 617 g/mol. The van der Waals surface area contributed by atoms with Crippen molar-refractivity contribution in [2.75, 3.05) is 50.8 Å². The number of nitrogens with zero attached hydrogens (tertiary/aromatic N) is 3. The van der Waals surface area contributed by atoms with Gasteiger partial charge in [-0.05, 0) is 79.9 Å². The SMILES string of the molecule is CC(C)C(C(=O)N1CCC[C@H]1C1NC=C(C2CCN(c3ccc(/C(N)=C/N)c4c3C3(CCCC3)CC4)CC2)N1)N1CCOCC1. The molecular formula is C36H55N7O2. The fourth-order valence-electron chi connectivity index (χ4n) is 9.77. The van der Waals surface area contributed by atoms with E-state index in [1.54, 1.807) is 11.8 Å². The number of benzene rings is 1. The number of rotatable bonds is 7. The Morgan fingerprint density at radius 2 is 1.78 bits per heavy atom. The van der Waals surface area contributed by atoms with Gasteiger partial charge in [0.15, 0.2) is 0 Å². The molecule has 1 aromatic rings. The number of anilines is 1. The number of hydrogen-bond donors (Lipinski definition) is 4. The zero-order valence-electron chi connectivity index (χ0n) is 27.5. The number of hydrogen-bond acceptors (Lipinski definition) is 8. The Labute approximate surface area is 269 Å². The molecule has 3 saturated heterocycles. The van der Waals surface area contributed by atoms with Crippen LogP contribution in [0.4, 0.5) is 5.69 Å². The number of morpholine rings is 1. The quantitative estimate of drug-likeness (QED) is 0.368. The highest BCUT2D eigenvalue weighted by atomic mass is 16.5. The number of nitrogens with two attached hydrogens (primary N) is 2. The largest absolute Gasteiger partial charge is 0.403 e. The fourth-order valence-corrected chi connectivity index (χ4v) is 9.77. The number of likely N-dealkylation sites (tertiary alicyclic amines) is 1. The van der Waals surface area contributed by atoms with E-state index in [-0.39, 0.29) is 24.2 Å². The van der Waals surface area contributed by atoms with Crippen LogP contribution in [0.25, 0.3) is 5.70 Å². The molecule has 1 aromatic carbocycles. The summed E-state index contributed by atoms with van der Waals surface area (Å²) in [6.45, 7) is 10.4. The lowest BCUT2D eigenvalue weighted by Crippen LogP contribution is -2.59. The zero-order valence-corrected chi connectivity index (χ0v) is 27.5. The van der Waals surface area contributed by atoms with Crippen LogP contribution >= 0.6 is 0 Å². The van der Waals surface area contributed by atoms with Crippen molar-refractivity contribution < 1.29 is 9.53 Å². The van der Waals surface area contributed by atoms with Gasteiger partial charge in [-0.3, -0.25) is 9.69 Å². The van der Waals surface area contributed by atoms with Gasteiger partial charge >= 0.3 is 0 Å². The summed E-state index contributed by atoms with van der Waals surface area (Å²) >= 11 is 0. The second kappa shape index (κ2) is 12.7. The Bertz CT molecular complexity index is 1300. The predicted octanol–water partition coefficient (Wildman–Crippen LogP) is 3.58. The third-order valence-corrected chi connectivity index (χ3v) is 12.0. The highest BCUT2D eigenvalue weighted by Crippen LogP contribution is 2.55. The molecule has 2 unspecified atom stereocenters. The van der Waals surface area contributed by atoms with Gasteiger partial charge in [-0.25, -0.2) is 0 Å². The molecule has 6 aliphatic rings. The minimum atomic E-state index is -0.0747. The summed E-state index contributed by atoms with van der Waals surface area (Å²) < 4.78 is 5.59. The lowest BCUT2D eigenvalue weighted by Gasteiger charge is -2.40. The highest BCUT2D eigenvalue weighted by molar-refractivity contribution is 5.83. The van der Waals surface area contributed by atoms with Crippen molar-refractivity contribution >= 4 is 17.3 Å². The standard InChI is InChI=1S/C36H55N7O2/c1-24(2)33(42-18-20-45-21-19-42)35(44)43-15-5-6-31(43)34-39-23-29(40-34)25-10-16-41(17-11-25)30-8-7-26(28(38)22-37)27-9-14-36(32(27)30)12-3-4-13-36/h7-8,22-25,31,33-34,39-40H,3-6,9-21,37-38H2,1-2H3/b28-22-/t31-,33?,34?/m0/s1. The van der Waals surface area contributed by atoms with E-state index in [9.17, 15) is 4.79 Å². The van der Waals surface area contributed by atoms with E-state index in [4.69, 9.17) is 16.2 Å². The van der Waals surface area contributed by atoms with Crippen LogP contribution in [0, 0.1) is 11.8 Å². The summed E-state index contributed by atoms with van der Waals surface area (Å²) in [6, 6.07) is 4.66. The average Bonchev–Trinajstić information content (AvgIpc) is 3.89. The molecule has 1 spiro atoms. The summed E-state index contributed by atoms with van der Waals surface area (Å²) in [4.78, 5) is 21.2. The zero-order chi connectivity index (χ0) is 31.1. The van der Waals surface area contributed by atoms with Gasteiger partial charge in [-0.15, -0.1) is 0 Å². The molecule has 0 bridgehead atoms. The van der Waals surface area contributed by atoms with Gasteiger partial charge in [0.25, 0.3) is 0 Å². The van der Waals surface area contributed by atoms with E-state index >= 15 is 0 Å². The van der Waals surface area contributed by atoms with Crippen molar-refractivity contribution in [1.29, 1.82) is 0 Å². The van der Waals surface area contributed by atoms with E-state index < -0.39 is 0 Å². The Kier molecular flexibility index (Phi) is 8.68. The van der Waals surface area contributed by atoms with Gasteiger partial charge < -0.3 is 36.6 Å². The molecule has 2 aliphatic carbocycles. The summed E-state index contributed by atoms with van der Waals surface area (Å²) in [5.74, 6) is 1.07. The second-order valence-corrected chi connectivity index (χ2v) is 14.8. The second-order valence-electron chi connectivity index (χ2n) is 14.8. The molecule has 0 aromatic heterocycles. The number of carbonyl (C=O) groups is 1. The van der Waals surface area contributed by atoms with E-state index in [0.717, 1.165) is 70.4 Å². The third-order valence-electron chi connectivity index (χ3n) is 12.0. The lowest BCUT2D eigenvalue weighted by molar-refractivity contribution is -0.142. The number of fused-ring (bicyclic) bond motifs is 2. The molecule has 0 radical (unpaired) electrons. The number of allylic oxidation sites excluding steroid dienone is 1. The highest BCUT2D eigenvalue weighted by Gasteiger charge is 2.45. The average molecular weight is 618 g/mol. The molecule has 9 heteroatoms. The first-order valence-corrected chi connectivity index (χ1v) is 17.8. The van der Waals surface area contributed by atoms with Gasteiger partial charge in [0.05, 0.1) is 31.0 Å². The lowest BCUT2D eigenvalue weighted by atomic mass is 9.78. The first kappa shape index (κ1) is 30.7. The normalized spacial score (nSPS) is 28.0. The number of carbonyl (C=O) groups excluding carboxylic acids is 1. The van der Waals surface area contributed by atoms with Gasteiger partial charge in [0, 0.05) is 68.0 Å². The van der Waals surface area contributed by atoms with Crippen molar-refractivity contribution in [2.45, 2.75) is 102 Å². The molecule has 9 nitrogen and oxygen atoms in total. The van der Waals surface area contributed by atoms with Crippen LogP contribution in [0.5, 0.6) is 0 Å². The van der Waals surface area contributed by atoms with E-state index in [1.807, 2.05) is 0 Å². The molecule has 45 heavy (non-hydrogen) atoms. The van der Waals surface area contributed by atoms with Crippen LogP contribution < -0.4 is 27.0 Å². The Balaban J connectivity index is 1.01. The first-order chi connectivity index (χ1) is 21.9. The maximum absolute atomic E-state index is 14.0. The summed E-state index contributed by atoms with van der Waals surface area (Å²) in [7, 11) is 0. The van der Waals surface area contributed by atoms with E-state index in [1.165, 1.54) is 49.1 Å². The minimum absolute atomic E-state index is 0.0747. The van der Waals surface area contributed by atoms with E-state index in [2.05, 4.69) is 57.5 Å². The molecule has 6 N–H and O–H groups in total. The van der Waals surface area contributed by atoms with Crippen molar-refractivity contribution in [3.8, 4) is 0 Å². The number of ether oxygens (including phenoxy) is 1. The molecule has 3 atom stereocenters. The van der Waals surface area contributed by atoms with Crippen LogP contribution in [0.3, 0.4) is 0 Å². The van der Waals surface area contributed by atoms with Gasteiger partial charge in [0.2, 0.25) is 5.91 Å². The molecule has 4 aliphatic heterocycles. The van der Waals surface area contributed by atoms with Crippen molar-refractivity contribution in [1.82, 2.24) is 20.4 Å². The summed E-state index contributed by atoms with van der Waals surface area (Å²) in [5.41, 5.74) is 20.3. The van der Waals surface area contributed by atoms with Gasteiger partial charge in [-0.1, -0.05) is 32.8 Å². The van der Waals surface area contributed by atoms with Gasteiger partial charge in [0.1, 0.15) is 6.17 Å². The van der Waals surface area contributed by atoms with Crippen LogP contribution in [0.2, 0.25) is 0 Å². The third kappa shape index (κ3) is 5.58. The van der Waals surface area contributed by atoms with Crippen LogP contribution in [-0.2, 0) is 21.4 Å². The smallest absolute Gasteiger partial charge is 0.240 e. The minimum Gasteiger partial charge on any atom is -0.403 e. The maximum Gasteiger partial charge on any atom is 0.240 e. The first-order valence-electron chi connectivity index (χ1n) is 17.8. The van der Waals surface area contributed by atoms with Crippen LogP contribution in [-0.4, -0.2) is 79.9 Å². The molecule has 1 saturated carbocycles. The fraction of sp³-hybridized carbons (Fsp3) is 0.694. The van der Waals surface area contributed by atoms with E-state index in [0.29, 0.717) is 36.2 Å². The molecule has 4 heterocycles. The maximum atomic E-state index is 14.0. The molecule has 4 fully saturated rings. The van der Waals surface area contributed by atoms with Crippen molar-refractivity contribution in [3.05, 3.63) is 46.9 Å². The number of nitrogens with one attached hydrogen (secondary N) is 2. The predicted molar refractivity (Wildman–Crippen MR) is 180 cm³/mol. The number of amides is 1. The summed E-state index contributed by atoms with van der Waals surface area (Å²) in [5, 5.41) is 7.54. The molecule has 1 amide bonds.